The molecule has 0 unspecified atom stereocenters. The summed E-state index contributed by atoms with van der Waals surface area (Å²) in [6, 6.07) is 8.03. The quantitative estimate of drug-likeness (QED) is 0.840. The largest absolute Gasteiger partial charge is 0.314 e. The number of hydrogen-bond acceptors (Lipinski definition) is 2. The zero-order valence-corrected chi connectivity index (χ0v) is 9.75. The van der Waals surface area contributed by atoms with Gasteiger partial charge in [0.25, 0.3) is 0 Å². The van der Waals surface area contributed by atoms with Crippen LogP contribution in [0.1, 0.15) is 17.2 Å². The van der Waals surface area contributed by atoms with Crippen LogP contribution in [-0.2, 0) is 0 Å². The molecule has 1 saturated heterocycles. The van der Waals surface area contributed by atoms with Crippen LogP contribution >= 0.6 is 0 Å². The summed E-state index contributed by atoms with van der Waals surface area (Å²) in [6.07, 6.45) is 0. The fourth-order valence-electron chi connectivity index (χ4n) is 2.33. The predicted octanol–water partition coefficient (Wildman–Crippen LogP) is 1.91. The Morgan fingerprint density at radius 1 is 1.31 bits per heavy atom. The normalized spacial score (nSPS) is 19.6. The topological polar surface area (TPSA) is 15.3 Å². The van der Waals surface area contributed by atoms with Gasteiger partial charge < -0.3 is 5.32 Å². The molecule has 1 heterocycles. The molecule has 16 heavy (non-hydrogen) atoms. The first-order valence-electron chi connectivity index (χ1n) is 5.89. The molecule has 0 spiro atoms. The first-order chi connectivity index (χ1) is 7.83. The number of nitrogens with zero attached hydrogens (tertiary/aromatic N) is 1. The molecule has 1 N–H and O–H groups in total. The fraction of sp³-hybridized carbons (Fsp3) is 0.538. The lowest BCUT2D eigenvalue weighted by Crippen LogP contribution is -2.45. The molecule has 0 aromatic heterocycles. The van der Waals surface area contributed by atoms with Crippen molar-refractivity contribution in [2.45, 2.75) is 13.0 Å². The monoisotopic (exact) mass is 222 g/mol. The highest BCUT2D eigenvalue weighted by Gasteiger charge is 2.22. The van der Waals surface area contributed by atoms with Gasteiger partial charge in [0.05, 0.1) is 6.04 Å². The van der Waals surface area contributed by atoms with E-state index in [1.54, 1.807) is 0 Å². The van der Waals surface area contributed by atoms with Crippen LogP contribution < -0.4 is 5.32 Å². The second-order valence-corrected chi connectivity index (χ2v) is 4.31. The van der Waals surface area contributed by atoms with Gasteiger partial charge in [0.15, 0.2) is 0 Å². The maximum atomic E-state index is 13.2. The van der Waals surface area contributed by atoms with E-state index in [9.17, 15) is 4.39 Å². The lowest BCUT2D eigenvalue weighted by molar-refractivity contribution is 0.147. The van der Waals surface area contributed by atoms with Gasteiger partial charge in [0.1, 0.15) is 6.67 Å². The third kappa shape index (κ3) is 2.42. The Morgan fingerprint density at radius 3 is 2.62 bits per heavy atom. The highest BCUT2D eigenvalue weighted by Crippen LogP contribution is 2.24. The van der Waals surface area contributed by atoms with Crippen molar-refractivity contribution < 1.29 is 4.39 Å². The maximum absolute atomic E-state index is 13.2. The number of piperazine rings is 1. The SMILES string of the molecule is Cc1ccccc1[C@@H](CF)N1CCNCC1. The van der Waals surface area contributed by atoms with Gasteiger partial charge in [-0.2, -0.15) is 0 Å². The first kappa shape index (κ1) is 11.6. The van der Waals surface area contributed by atoms with Gasteiger partial charge in [-0.3, -0.25) is 4.90 Å². The summed E-state index contributed by atoms with van der Waals surface area (Å²) >= 11 is 0. The second-order valence-electron chi connectivity index (χ2n) is 4.31. The van der Waals surface area contributed by atoms with E-state index in [2.05, 4.69) is 23.2 Å². The molecule has 1 aliphatic heterocycles. The van der Waals surface area contributed by atoms with Crippen LogP contribution in [0.15, 0.2) is 24.3 Å². The molecular weight excluding hydrogens is 203 g/mol. The number of nitrogens with one attached hydrogen (secondary N) is 1. The Labute approximate surface area is 96.5 Å². The average Bonchev–Trinajstić information content (AvgIpc) is 2.34. The summed E-state index contributed by atoms with van der Waals surface area (Å²) in [5.41, 5.74) is 2.32. The van der Waals surface area contributed by atoms with E-state index >= 15 is 0 Å². The summed E-state index contributed by atoms with van der Waals surface area (Å²) in [7, 11) is 0. The minimum atomic E-state index is -0.301. The van der Waals surface area contributed by atoms with Gasteiger partial charge in [0, 0.05) is 26.2 Å². The lowest BCUT2D eigenvalue weighted by Gasteiger charge is -2.34. The minimum absolute atomic E-state index is 0.0664. The summed E-state index contributed by atoms with van der Waals surface area (Å²) < 4.78 is 13.2. The minimum Gasteiger partial charge on any atom is -0.314 e. The third-order valence-electron chi connectivity index (χ3n) is 3.29. The Hall–Kier alpha value is -0.930. The molecule has 3 heteroatoms. The van der Waals surface area contributed by atoms with E-state index in [0.717, 1.165) is 31.7 Å². The van der Waals surface area contributed by atoms with Crippen molar-refractivity contribution >= 4 is 0 Å². The van der Waals surface area contributed by atoms with Crippen molar-refractivity contribution in [3.8, 4) is 0 Å². The van der Waals surface area contributed by atoms with Crippen molar-refractivity contribution in [2.24, 2.45) is 0 Å². The molecule has 0 bridgehead atoms. The molecule has 2 rings (SSSR count). The van der Waals surface area contributed by atoms with Gasteiger partial charge in [-0.15, -0.1) is 0 Å². The molecule has 0 amide bonds. The van der Waals surface area contributed by atoms with Gasteiger partial charge in [-0.1, -0.05) is 24.3 Å². The number of rotatable bonds is 3. The molecule has 0 saturated carbocycles. The summed E-state index contributed by atoms with van der Waals surface area (Å²) in [5, 5.41) is 3.30. The summed E-state index contributed by atoms with van der Waals surface area (Å²) in [5.74, 6) is 0. The van der Waals surface area contributed by atoms with E-state index < -0.39 is 0 Å². The Balaban J connectivity index is 2.18. The average molecular weight is 222 g/mol. The van der Waals surface area contributed by atoms with E-state index in [1.165, 1.54) is 5.56 Å². The van der Waals surface area contributed by atoms with Crippen molar-refractivity contribution in [1.29, 1.82) is 0 Å². The van der Waals surface area contributed by atoms with Crippen molar-refractivity contribution in [1.82, 2.24) is 10.2 Å². The second kappa shape index (κ2) is 5.41. The summed E-state index contributed by atoms with van der Waals surface area (Å²) in [6.45, 7) is 5.54. The van der Waals surface area contributed by atoms with Gasteiger partial charge in [-0.25, -0.2) is 4.39 Å². The van der Waals surface area contributed by atoms with Crippen LogP contribution in [0.2, 0.25) is 0 Å². The lowest BCUT2D eigenvalue weighted by atomic mass is 10.0. The van der Waals surface area contributed by atoms with E-state index in [1.807, 2.05) is 18.2 Å². The molecular formula is C13H19FN2. The molecule has 2 nitrogen and oxygen atoms in total. The zero-order chi connectivity index (χ0) is 11.4. The number of aryl methyl sites for hydroxylation is 1. The molecule has 1 aromatic rings. The number of alkyl halides is 1. The molecule has 1 fully saturated rings. The van der Waals surface area contributed by atoms with Crippen LogP contribution in [0.5, 0.6) is 0 Å². The van der Waals surface area contributed by atoms with Crippen molar-refractivity contribution in [3.63, 3.8) is 0 Å². The third-order valence-corrected chi connectivity index (χ3v) is 3.29. The van der Waals surface area contributed by atoms with E-state index in [4.69, 9.17) is 0 Å². The van der Waals surface area contributed by atoms with Crippen molar-refractivity contribution in [2.75, 3.05) is 32.9 Å². The molecule has 1 atom stereocenters. The number of hydrogen-bond donors (Lipinski definition) is 1. The molecule has 1 aromatic carbocycles. The zero-order valence-electron chi connectivity index (χ0n) is 9.75. The van der Waals surface area contributed by atoms with Crippen LogP contribution in [0.25, 0.3) is 0 Å². The first-order valence-corrected chi connectivity index (χ1v) is 5.89. The van der Waals surface area contributed by atoms with Crippen LogP contribution in [0.4, 0.5) is 4.39 Å². The highest BCUT2D eigenvalue weighted by molar-refractivity contribution is 5.29. The number of benzene rings is 1. The maximum Gasteiger partial charge on any atom is 0.109 e. The fourth-order valence-corrected chi connectivity index (χ4v) is 2.33. The van der Waals surface area contributed by atoms with E-state index in [-0.39, 0.29) is 12.7 Å². The van der Waals surface area contributed by atoms with Crippen LogP contribution in [0.3, 0.4) is 0 Å². The molecule has 0 radical (unpaired) electrons. The Morgan fingerprint density at radius 2 is 2.00 bits per heavy atom. The predicted molar refractivity (Wildman–Crippen MR) is 64.3 cm³/mol. The smallest absolute Gasteiger partial charge is 0.109 e. The number of halogens is 1. The Bertz CT molecular complexity index is 334. The Kier molecular flexibility index (Phi) is 3.91. The van der Waals surface area contributed by atoms with Crippen molar-refractivity contribution in [3.05, 3.63) is 35.4 Å². The standard InChI is InChI=1S/C13H19FN2/c1-11-4-2-3-5-12(11)13(10-14)16-8-6-15-7-9-16/h2-5,13,15H,6-10H2,1H3/t13-/m1/s1. The highest BCUT2D eigenvalue weighted by atomic mass is 19.1. The van der Waals surface area contributed by atoms with Gasteiger partial charge in [-0.05, 0) is 18.1 Å². The van der Waals surface area contributed by atoms with Crippen LogP contribution in [-0.4, -0.2) is 37.8 Å². The van der Waals surface area contributed by atoms with Crippen LogP contribution in [0, 0.1) is 6.92 Å². The van der Waals surface area contributed by atoms with Gasteiger partial charge in [0.2, 0.25) is 0 Å². The molecule has 88 valence electrons. The van der Waals surface area contributed by atoms with Gasteiger partial charge >= 0.3 is 0 Å². The van der Waals surface area contributed by atoms with E-state index in [0.29, 0.717) is 0 Å². The molecule has 1 aliphatic rings. The molecule has 0 aliphatic carbocycles. The summed E-state index contributed by atoms with van der Waals surface area (Å²) in [4.78, 5) is 2.23.